The maximum atomic E-state index is 2.58. The third kappa shape index (κ3) is 140. The van der Waals surface area contributed by atoms with Gasteiger partial charge in [0.25, 0.3) is 0 Å². The van der Waals surface area contributed by atoms with Crippen LogP contribution in [0.25, 0.3) is 0 Å². The zero-order valence-electron chi connectivity index (χ0n) is 5.49. The molecule has 0 spiro atoms. The molecule has 0 bridgehead atoms. The van der Waals surface area contributed by atoms with Crippen LogP contribution in [0.5, 0.6) is 0 Å². The van der Waals surface area contributed by atoms with Crippen LogP contribution < -0.4 is 0 Å². The van der Waals surface area contributed by atoms with Gasteiger partial charge in [0.1, 0.15) is 32.6 Å². The Kier molecular flexibility index (Phi) is 400. The van der Waals surface area contributed by atoms with Crippen LogP contribution in [-0.4, -0.2) is 32.6 Å². The zero-order valence-corrected chi connectivity index (χ0v) is 11.1. The van der Waals surface area contributed by atoms with E-state index in [2.05, 4.69) is 39.5 Å². The van der Waals surface area contributed by atoms with Crippen molar-refractivity contribution in [3.05, 3.63) is 0 Å². The molecule has 4 radical (unpaired) electrons. The van der Waals surface area contributed by atoms with Gasteiger partial charge >= 0.3 is 0 Å². The van der Waals surface area contributed by atoms with Crippen LogP contribution in [0.2, 0.25) is 11.1 Å². The molecule has 9 heavy (non-hydrogen) atoms. The quantitative estimate of drug-likeness (QED) is 0.574. The Labute approximate surface area is 99.4 Å². The van der Waals surface area contributed by atoms with Crippen molar-refractivity contribution < 1.29 is 0 Å². The van der Waals surface area contributed by atoms with Gasteiger partial charge in [-0.1, -0.05) is 6.92 Å². The Morgan fingerprint density at radius 1 is 0.889 bits per heavy atom. The third-order valence-electron chi connectivity index (χ3n) is 0. The van der Waals surface area contributed by atoms with Gasteiger partial charge in [0.2, 0.25) is 0 Å². The molecule has 0 aliphatic heterocycles. The molecule has 0 aromatic carbocycles. The fourth-order valence-electron chi connectivity index (χ4n) is 0. The molecule has 0 aliphatic rings. The Hall–Kier alpha value is 2.22. The van der Waals surface area contributed by atoms with E-state index in [1.165, 1.54) is 5.28 Å². The minimum Gasteiger partial charge on any atom is -0.147 e. The van der Waals surface area contributed by atoms with Gasteiger partial charge in [-0.2, -0.15) is 0 Å². The lowest BCUT2D eigenvalue weighted by molar-refractivity contribution is 1.48. The maximum absolute atomic E-state index is 2.58. The number of rotatable bonds is 0. The summed E-state index contributed by atoms with van der Waals surface area (Å²) in [7, 11) is 0. The molecule has 0 fully saturated rings. The molecule has 0 rings (SSSR count). The van der Waals surface area contributed by atoms with Crippen molar-refractivity contribution in [3.8, 4) is 0 Å². The lowest BCUT2D eigenvalue weighted by Crippen LogP contribution is -1.41. The summed E-state index contributed by atoms with van der Waals surface area (Å²) in [6, 6.07) is 0. The summed E-state index contributed by atoms with van der Waals surface area (Å²) < 4.78 is 0. The highest BCUT2D eigenvalue weighted by Gasteiger charge is 1.37. The Morgan fingerprint density at radius 3 is 0.889 bits per heavy atom. The lowest BCUT2D eigenvalue weighted by Gasteiger charge is -1.47. The van der Waals surface area contributed by atoms with Crippen LogP contribution in [0.15, 0.2) is 0 Å². The fraction of sp³-hybridized carbons (Fsp3) is 1.00. The predicted molar refractivity (Wildman–Crippen MR) is 56.8 cm³/mol. The third-order valence-corrected chi connectivity index (χ3v) is 0. The van der Waals surface area contributed by atoms with Crippen molar-refractivity contribution in [2.45, 2.75) is 18.0 Å². The molecule has 0 aromatic rings. The van der Waals surface area contributed by atoms with Gasteiger partial charge in [0.15, 0.2) is 0 Å². The van der Waals surface area contributed by atoms with Crippen molar-refractivity contribution in [1.82, 2.24) is 0 Å². The summed E-state index contributed by atoms with van der Waals surface area (Å²) in [5, 5.41) is 1.17. The van der Waals surface area contributed by atoms with Gasteiger partial charge in [-0.05, 0) is 0 Å². The highest BCUT2D eigenvalue weighted by molar-refractivity contribution is 6.08. The molecule has 0 saturated heterocycles. The summed E-state index contributed by atoms with van der Waals surface area (Å²) >= 11 is 5.00. The molecule has 0 N–H and O–H groups in total. The SMILES string of the molecule is C[CH2][Al].Cl.Cl.Cl.Cl.[CH3][Al]. The van der Waals surface area contributed by atoms with Crippen LogP contribution in [0, 0.1) is 0 Å². The molecule has 0 aromatic heterocycles. The van der Waals surface area contributed by atoms with Gasteiger partial charge < -0.3 is 0 Å². The summed E-state index contributed by atoms with van der Waals surface area (Å²) in [5.74, 6) is 1.92. The van der Waals surface area contributed by atoms with Gasteiger partial charge in [0, 0.05) is 0 Å². The van der Waals surface area contributed by atoms with E-state index in [1.807, 2.05) is 5.79 Å². The first-order chi connectivity index (χ1) is 2.41. The second kappa shape index (κ2) is 83.7. The van der Waals surface area contributed by atoms with E-state index in [0.29, 0.717) is 0 Å². The zero-order chi connectivity index (χ0) is 4.71. The van der Waals surface area contributed by atoms with Crippen molar-refractivity contribution >= 4 is 82.2 Å². The summed E-state index contributed by atoms with van der Waals surface area (Å²) in [5.41, 5.74) is 0. The van der Waals surface area contributed by atoms with Gasteiger partial charge in [-0.15, -0.1) is 60.7 Å². The second-order valence-corrected chi connectivity index (χ2v) is 1.22. The molecule has 0 unspecified atom stereocenters. The normalized spacial score (nSPS) is 2.44. The van der Waals surface area contributed by atoms with Crippen molar-refractivity contribution in [3.63, 3.8) is 0 Å². The van der Waals surface area contributed by atoms with Crippen molar-refractivity contribution in [2.24, 2.45) is 0 Å². The molecular formula is C3H12Al2Cl4. The predicted octanol–water partition coefficient (Wildman–Crippen LogP) is 2.48. The van der Waals surface area contributed by atoms with Gasteiger partial charge in [0.05, 0.1) is 0 Å². The van der Waals surface area contributed by atoms with E-state index in [-0.39, 0.29) is 49.6 Å². The number of hydrogen-bond donors (Lipinski definition) is 0. The Balaban J connectivity index is -0.00000000357. The molecule has 0 amide bonds. The standard InChI is InChI=1S/C2H5.CH3.2Al.4ClH/c1-2;;;;;;;/h1H2,2H3;1H3;;;4*1H. The Bertz CT molecular complexity index is 13.8. The van der Waals surface area contributed by atoms with E-state index in [9.17, 15) is 0 Å². The van der Waals surface area contributed by atoms with Gasteiger partial charge in [-0.3, -0.25) is 0 Å². The largest absolute Gasteiger partial charge is 0.147 e. The lowest BCUT2D eigenvalue weighted by atomic mass is 11.0. The second-order valence-electron chi connectivity index (χ2n) is 0.408. The smallest absolute Gasteiger partial charge is 0.117 e. The first kappa shape index (κ1) is 43.0. The minimum absolute atomic E-state index is 0. The molecular weight excluding hydrogens is 232 g/mol. The van der Waals surface area contributed by atoms with Crippen LogP contribution in [0.4, 0.5) is 0 Å². The van der Waals surface area contributed by atoms with Crippen LogP contribution in [0.1, 0.15) is 6.92 Å². The fourth-order valence-corrected chi connectivity index (χ4v) is 0. The van der Waals surface area contributed by atoms with Crippen LogP contribution in [0.3, 0.4) is 0 Å². The average molecular weight is 244 g/mol. The molecule has 6 heteroatoms. The molecule has 58 valence electrons. The van der Waals surface area contributed by atoms with Gasteiger partial charge in [-0.25, -0.2) is 0 Å². The highest BCUT2D eigenvalue weighted by atomic mass is 35.5. The maximum Gasteiger partial charge on any atom is 0.117 e. The average Bonchev–Trinajstić information content (AvgIpc) is 1.46. The van der Waals surface area contributed by atoms with E-state index in [1.54, 1.807) is 0 Å². The Morgan fingerprint density at radius 2 is 0.889 bits per heavy atom. The van der Waals surface area contributed by atoms with Crippen molar-refractivity contribution in [1.29, 1.82) is 0 Å². The van der Waals surface area contributed by atoms with Crippen LogP contribution >= 0.6 is 49.6 Å². The molecule has 0 saturated carbocycles. The first-order valence-electron chi connectivity index (χ1n) is 1.69. The van der Waals surface area contributed by atoms with E-state index in [0.717, 1.165) is 0 Å². The monoisotopic (exact) mass is 242 g/mol. The number of halogens is 4. The van der Waals surface area contributed by atoms with E-state index < -0.39 is 0 Å². The number of hydrogen-bond acceptors (Lipinski definition) is 0. The molecule has 0 atom stereocenters. The summed E-state index contributed by atoms with van der Waals surface area (Å²) in [6.45, 7) is 2.09. The molecule has 0 nitrogen and oxygen atoms in total. The topological polar surface area (TPSA) is 0 Å². The first-order valence-corrected chi connectivity index (χ1v) is 3.66. The summed E-state index contributed by atoms with van der Waals surface area (Å²) in [4.78, 5) is 0. The summed E-state index contributed by atoms with van der Waals surface area (Å²) in [6.07, 6.45) is 0. The van der Waals surface area contributed by atoms with E-state index in [4.69, 9.17) is 0 Å². The minimum atomic E-state index is 0. The highest BCUT2D eigenvalue weighted by Crippen LogP contribution is 1.49. The molecule has 0 heterocycles. The van der Waals surface area contributed by atoms with Crippen molar-refractivity contribution in [2.75, 3.05) is 0 Å². The van der Waals surface area contributed by atoms with Crippen LogP contribution in [-0.2, 0) is 0 Å². The molecule has 0 aliphatic carbocycles. The van der Waals surface area contributed by atoms with E-state index >= 15 is 0 Å².